The number of likely N-dealkylation sites (tertiary alicyclic amines) is 1. The first-order valence-corrected chi connectivity index (χ1v) is 13.6. The van der Waals surface area contributed by atoms with Crippen molar-refractivity contribution in [1.29, 1.82) is 0 Å². The molecular weight excluding hydrogens is 494 g/mol. The number of rotatable bonds is 7. The minimum Gasteiger partial charge on any atom is -0.461 e. The van der Waals surface area contributed by atoms with Gasteiger partial charge in [0.1, 0.15) is 24.8 Å². The molecule has 0 aliphatic carbocycles. The molecule has 5 heterocycles. The van der Waals surface area contributed by atoms with E-state index in [2.05, 4.69) is 10.3 Å². The maximum absolute atomic E-state index is 14.3. The van der Waals surface area contributed by atoms with Crippen molar-refractivity contribution in [2.45, 2.75) is 42.0 Å². The van der Waals surface area contributed by atoms with Gasteiger partial charge in [-0.1, -0.05) is 41.7 Å². The first-order valence-electron chi connectivity index (χ1n) is 12.7. The van der Waals surface area contributed by atoms with Gasteiger partial charge in [0.2, 0.25) is 11.8 Å². The molecule has 1 spiro atoms. The van der Waals surface area contributed by atoms with Crippen LogP contribution in [0.2, 0.25) is 0 Å². The summed E-state index contributed by atoms with van der Waals surface area (Å²) in [7, 11) is 0. The number of aliphatic hydroxyl groups excluding tert-OH is 1. The number of aromatic nitrogens is 3. The Morgan fingerprint density at radius 2 is 1.97 bits per heavy atom. The molecule has 2 saturated heterocycles. The highest BCUT2D eigenvalue weighted by Gasteiger charge is 2.71. The van der Waals surface area contributed by atoms with Crippen molar-refractivity contribution in [2.24, 2.45) is 11.8 Å². The molecule has 4 aliphatic rings. The van der Waals surface area contributed by atoms with Gasteiger partial charge in [-0.2, -0.15) is 0 Å². The van der Waals surface area contributed by atoms with E-state index in [0.29, 0.717) is 25.9 Å². The predicted octanol–water partition coefficient (Wildman–Crippen LogP) is 1.36. The van der Waals surface area contributed by atoms with Crippen LogP contribution in [0.15, 0.2) is 48.6 Å². The molecular formula is C26H29N5O5S. The average Bonchev–Trinajstić information content (AvgIpc) is 3.44. The zero-order chi connectivity index (χ0) is 25.6. The maximum Gasteiger partial charge on any atom is 0.311 e. The van der Waals surface area contributed by atoms with Crippen molar-refractivity contribution < 1.29 is 24.2 Å². The van der Waals surface area contributed by atoms with Gasteiger partial charge in [-0.25, -0.2) is 4.68 Å². The van der Waals surface area contributed by atoms with Crippen LogP contribution in [-0.2, 0) is 25.8 Å². The van der Waals surface area contributed by atoms with Gasteiger partial charge in [0.15, 0.2) is 0 Å². The van der Waals surface area contributed by atoms with Crippen molar-refractivity contribution in [2.75, 3.05) is 26.3 Å². The zero-order valence-electron chi connectivity index (χ0n) is 20.3. The number of carbonyl (C=O) groups is 3. The second kappa shape index (κ2) is 9.60. The number of hydrogen-bond donors (Lipinski definition) is 1. The van der Waals surface area contributed by atoms with E-state index in [9.17, 15) is 19.5 Å². The molecule has 2 fully saturated rings. The molecule has 0 saturated carbocycles. The molecule has 11 heteroatoms. The van der Waals surface area contributed by atoms with Crippen LogP contribution in [0.5, 0.6) is 0 Å². The number of thioether (sulfide) groups is 1. The Hall–Kier alpha value is -3.18. The molecule has 37 heavy (non-hydrogen) atoms. The molecule has 2 amide bonds. The molecule has 1 N–H and O–H groups in total. The molecule has 194 valence electrons. The Kier molecular flexibility index (Phi) is 6.28. The average molecular weight is 524 g/mol. The second-order valence-electron chi connectivity index (χ2n) is 9.90. The van der Waals surface area contributed by atoms with E-state index >= 15 is 0 Å². The van der Waals surface area contributed by atoms with Crippen LogP contribution in [0.4, 0.5) is 0 Å². The number of aliphatic hydroxyl groups is 1. The number of nitrogens with zero attached hydrogens (tertiary/aromatic N) is 5. The fourth-order valence-corrected chi connectivity index (χ4v) is 8.14. The second-order valence-corrected chi connectivity index (χ2v) is 11.4. The SMILES string of the molecule is O=C1OCC=C[C@H]2S[C@]34C=CCN(Cn5nnc6ccccc65)C(=O)C3N(CCCCCO)C(=O)[C@@H]4[C@@H]12. The summed E-state index contributed by atoms with van der Waals surface area (Å²) in [5.74, 6) is -2.02. The highest BCUT2D eigenvalue weighted by molar-refractivity contribution is 8.02. The summed E-state index contributed by atoms with van der Waals surface area (Å²) < 4.78 is 6.25. The minimum atomic E-state index is -0.861. The van der Waals surface area contributed by atoms with Crippen LogP contribution < -0.4 is 0 Å². The van der Waals surface area contributed by atoms with Crippen LogP contribution in [0.1, 0.15) is 19.3 Å². The Morgan fingerprint density at radius 1 is 1.11 bits per heavy atom. The van der Waals surface area contributed by atoms with Crippen molar-refractivity contribution >= 4 is 40.6 Å². The van der Waals surface area contributed by atoms with E-state index in [1.807, 2.05) is 48.6 Å². The van der Waals surface area contributed by atoms with Gasteiger partial charge < -0.3 is 19.6 Å². The van der Waals surface area contributed by atoms with Crippen molar-refractivity contribution in [1.82, 2.24) is 24.8 Å². The maximum atomic E-state index is 14.3. The summed E-state index contributed by atoms with van der Waals surface area (Å²) in [6, 6.07) is 6.84. The van der Waals surface area contributed by atoms with Crippen LogP contribution in [-0.4, -0.2) is 90.0 Å². The quantitative estimate of drug-likeness (QED) is 0.328. The number of ether oxygens (including phenoxy) is 1. The van der Waals surface area contributed by atoms with E-state index in [0.717, 1.165) is 17.5 Å². The fraction of sp³-hybridized carbons (Fsp3) is 0.500. The van der Waals surface area contributed by atoms with Gasteiger partial charge in [0.25, 0.3) is 0 Å². The molecule has 0 bridgehead atoms. The normalized spacial score (nSPS) is 30.8. The Bertz CT molecular complexity index is 1290. The molecule has 6 rings (SSSR count). The Balaban J connectivity index is 1.36. The Morgan fingerprint density at radius 3 is 2.84 bits per heavy atom. The molecule has 1 aromatic heterocycles. The van der Waals surface area contributed by atoms with Crippen LogP contribution in [0.3, 0.4) is 0 Å². The fourth-order valence-electron chi connectivity index (χ4n) is 6.14. The van der Waals surface area contributed by atoms with E-state index in [4.69, 9.17) is 4.74 Å². The van der Waals surface area contributed by atoms with Gasteiger partial charge in [-0.15, -0.1) is 16.9 Å². The summed E-state index contributed by atoms with van der Waals surface area (Å²) in [6.07, 6.45) is 9.75. The first kappa shape index (κ1) is 24.2. The van der Waals surface area contributed by atoms with Crippen molar-refractivity contribution in [3.05, 3.63) is 48.6 Å². The third kappa shape index (κ3) is 3.86. The largest absolute Gasteiger partial charge is 0.461 e. The van der Waals surface area contributed by atoms with E-state index in [1.54, 1.807) is 14.5 Å². The lowest BCUT2D eigenvalue weighted by atomic mass is 9.78. The summed E-state index contributed by atoms with van der Waals surface area (Å²) in [5, 5.41) is 17.4. The van der Waals surface area contributed by atoms with E-state index < -0.39 is 22.6 Å². The van der Waals surface area contributed by atoms with Crippen molar-refractivity contribution in [3.8, 4) is 0 Å². The number of unbranched alkanes of at least 4 members (excludes halogenated alkanes) is 2. The number of para-hydroxylation sites is 1. The standard InChI is InChI=1S/C26H29N5O5S/c32-14-5-1-4-13-30-22-24(34)29(16-31-18-9-3-2-8-17(18)27-28-31)12-7-11-26(22)21(23(30)33)20-19(37-26)10-6-15-36-25(20)35/h2-3,6-11,19-22,32H,1,4-5,12-16H2/t19-,20+,21+,22?,26+/m1/s1. The number of hydrogen-bond acceptors (Lipinski definition) is 8. The molecule has 1 unspecified atom stereocenters. The Labute approximate surface area is 218 Å². The highest BCUT2D eigenvalue weighted by atomic mass is 32.2. The smallest absolute Gasteiger partial charge is 0.311 e. The summed E-state index contributed by atoms with van der Waals surface area (Å²) in [4.78, 5) is 44.6. The lowest BCUT2D eigenvalue weighted by Gasteiger charge is -2.35. The molecule has 1 aromatic carbocycles. The molecule has 5 atom stereocenters. The van der Waals surface area contributed by atoms with Gasteiger partial charge in [-0.3, -0.25) is 14.4 Å². The predicted molar refractivity (Wildman–Crippen MR) is 136 cm³/mol. The van der Waals surface area contributed by atoms with Crippen LogP contribution in [0, 0.1) is 11.8 Å². The minimum absolute atomic E-state index is 0.0863. The topological polar surface area (TPSA) is 118 Å². The molecule has 4 aliphatic heterocycles. The van der Waals surface area contributed by atoms with Crippen LogP contribution in [0.25, 0.3) is 11.0 Å². The lowest BCUT2D eigenvalue weighted by Crippen LogP contribution is -2.53. The van der Waals surface area contributed by atoms with Crippen LogP contribution >= 0.6 is 11.8 Å². The van der Waals surface area contributed by atoms with Gasteiger partial charge in [-0.05, 0) is 31.4 Å². The van der Waals surface area contributed by atoms with Gasteiger partial charge in [0.05, 0.1) is 22.1 Å². The third-order valence-corrected chi connectivity index (χ3v) is 9.52. The summed E-state index contributed by atoms with van der Waals surface area (Å²) >= 11 is 1.54. The number of carbonyl (C=O) groups excluding carboxylic acids is 3. The lowest BCUT2D eigenvalue weighted by molar-refractivity contribution is -0.151. The summed E-state index contributed by atoms with van der Waals surface area (Å²) in [6.45, 7) is 1.24. The van der Waals surface area contributed by atoms with E-state index in [-0.39, 0.29) is 42.9 Å². The number of esters is 1. The van der Waals surface area contributed by atoms with Crippen molar-refractivity contribution in [3.63, 3.8) is 0 Å². The number of benzene rings is 1. The summed E-state index contributed by atoms with van der Waals surface area (Å²) in [5.41, 5.74) is 1.57. The number of cyclic esters (lactones) is 1. The molecule has 2 aromatic rings. The highest BCUT2D eigenvalue weighted by Crippen LogP contribution is 2.60. The monoisotopic (exact) mass is 523 g/mol. The number of fused-ring (bicyclic) bond motifs is 3. The zero-order valence-corrected chi connectivity index (χ0v) is 21.1. The number of amides is 2. The van der Waals surface area contributed by atoms with Gasteiger partial charge in [0, 0.05) is 24.9 Å². The molecule has 0 radical (unpaired) electrons. The van der Waals surface area contributed by atoms with E-state index in [1.165, 1.54) is 11.8 Å². The third-order valence-electron chi connectivity index (χ3n) is 7.78. The molecule has 10 nitrogen and oxygen atoms in total. The van der Waals surface area contributed by atoms with Gasteiger partial charge >= 0.3 is 5.97 Å². The first-order chi connectivity index (χ1) is 18.0.